The van der Waals surface area contributed by atoms with Crippen LogP contribution in [-0.4, -0.2) is 53.6 Å². The van der Waals surface area contributed by atoms with Crippen molar-refractivity contribution in [1.29, 1.82) is 0 Å². The third kappa shape index (κ3) is 5.58. The second-order valence-corrected chi connectivity index (χ2v) is 3.78. The number of unbranched alkanes of at least 4 members (excludes halogenated alkanes) is 1. The second kappa shape index (κ2) is 7.96. The summed E-state index contributed by atoms with van der Waals surface area (Å²) in [5.41, 5.74) is 0. The normalized spacial score (nSPS) is 9.94. The van der Waals surface area contributed by atoms with Gasteiger partial charge in [-0.2, -0.15) is 0 Å². The van der Waals surface area contributed by atoms with Gasteiger partial charge in [-0.15, -0.1) is 0 Å². The first-order valence-corrected chi connectivity index (χ1v) is 5.74. The largest absolute Gasteiger partial charge is 0.481 e. The highest BCUT2D eigenvalue weighted by atomic mass is 16.4. The van der Waals surface area contributed by atoms with Gasteiger partial charge in [0.25, 0.3) is 0 Å². The van der Waals surface area contributed by atoms with Crippen molar-refractivity contribution in [3.63, 3.8) is 0 Å². The Bertz CT molecular complexity index is 231. The number of nitrogens with zero attached hydrogens (tertiary/aromatic N) is 2. The molecule has 0 aliphatic carbocycles. The third-order valence-corrected chi connectivity index (χ3v) is 2.42. The molecular weight excluding hydrogens is 208 g/mol. The number of aliphatic carboxylic acids is 1. The maximum absolute atomic E-state index is 11.9. The van der Waals surface area contributed by atoms with E-state index in [-0.39, 0.29) is 19.0 Å². The Kier molecular flexibility index (Phi) is 7.33. The lowest BCUT2D eigenvalue weighted by Gasteiger charge is -2.26. The molecule has 0 rings (SSSR count). The molecule has 0 aromatic heterocycles. The standard InChI is InChI=1S/C11H22N2O3/c1-4-6-8-13(5-2)11(16)12(3)9-7-10(14)15/h4-9H2,1-3H3,(H,14,15). The number of hydrogen-bond acceptors (Lipinski definition) is 2. The summed E-state index contributed by atoms with van der Waals surface area (Å²) in [5.74, 6) is -0.878. The van der Waals surface area contributed by atoms with Gasteiger partial charge in [0.1, 0.15) is 0 Å². The first-order chi connectivity index (χ1) is 7.52. The Labute approximate surface area is 97.0 Å². The lowest BCUT2D eigenvalue weighted by molar-refractivity contribution is -0.137. The van der Waals surface area contributed by atoms with Crippen LogP contribution in [0.2, 0.25) is 0 Å². The fourth-order valence-corrected chi connectivity index (χ4v) is 1.34. The minimum Gasteiger partial charge on any atom is -0.481 e. The van der Waals surface area contributed by atoms with Gasteiger partial charge in [0.15, 0.2) is 0 Å². The van der Waals surface area contributed by atoms with Crippen LogP contribution < -0.4 is 0 Å². The van der Waals surface area contributed by atoms with Crippen molar-refractivity contribution in [2.45, 2.75) is 33.1 Å². The van der Waals surface area contributed by atoms with E-state index in [1.165, 1.54) is 4.90 Å². The lowest BCUT2D eigenvalue weighted by atomic mass is 10.3. The Balaban J connectivity index is 4.10. The smallest absolute Gasteiger partial charge is 0.319 e. The maximum atomic E-state index is 11.9. The number of urea groups is 1. The molecule has 0 saturated heterocycles. The second-order valence-electron chi connectivity index (χ2n) is 3.78. The maximum Gasteiger partial charge on any atom is 0.319 e. The van der Waals surface area contributed by atoms with Crippen LogP contribution in [0.4, 0.5) is 4.79 Å². The number of rotatable bonds is 7. The van der Waals surface area contributed by atoms with Crippen LogP contribution in [0, 0.1) is 0 Å². The van der Waals surface area contributed by atoms with Gasteiger partial charge in [-0.3, -0.25) is 4.79 Å². The van der Waals surface area contributed by atoms with Crippen LogP contribution in [0.5, 0.6) is 0 Å². The molecule has 2 amide bonds. The van der Waals surface area contributed by atoms with Crippen molar-refractivity contribution >= 4 is 12.0 Å². The Hall–Kier alpha value is -1.26. The lowest BCUT2D eigenvalue weighted by Crippen LogP contribution is -2.42. The monoisotopic (exact) mass is 230 g/mol. The molecule has 0 unspecified atom stereocenters. The van der Waals surface area contributed by atoms with E-state index in [0.29, 0.717) is 6.54 Å². The summed E-state index contributed by atoms with van der Waals surface area (Å²) in [6.07, 6.45) is 2.02. The van der Waals surface area contributed by atoms with E-state index in [4.69, 9.17) is 5.11 Å². The quantitative estimate of drug-likeness (QED) is 0.723. The van der Waals surface area contributed by atoms with Crippen molar-refractivity contribution in [1.82, 2.24) is 9.80 Å². The molecule has 0 atom stereocenters. The molecule has 5 heteroatoms. The summed E-state index contributed by atoms with van der Waals surface area (Å²) in [5, 5.41) is 8.53. The number of carbonyl (C=O) groups is 2. The molecule has 0 aliphatic rings. The van der Waals surface area contributed by atoms with Crippen LogP contribution in [-0.2, 0) is 4.79 Å². The SMILES string of the molecule is CCCCN(CC)C(=O)N(C)CCC(=O)O. The molecule has 0 saturated carbocycles. The molecule has 94 valence electrons. The predicted molar refractivity (Wildman–Crippen MR) is 62.4 cm³/mol. The molecule has 16 heavy (non-hydrogen) atoms. The zero-order valence-electron chi connectivity index (χ0n) is 10.4. The molecule has 0 aromatic rings. The summed E-state index contributed by atoms with van der Waals surface area (Å²) in [6, 6.07) is -0.0859. The van der Waals surface area contributed by atoms with Gasteiger partial charge >= 0.3 is 12.0 Å². The topological polar surface area (TPSA) is 60.9 Å². The van der Waals surface area contributed by atoms with Crippen molar-refractivity contribution in [2.24, 2.45) is 0 Å². The van der Waals surface area contributed by atoms with Crippen LogP contribution >= 0.6 is 0 Å². The van der Waals surface area contributed by atoms with E-state index in [2.05, 4.69) is 6.92 Å². The van der Waals surface area contributed by atoms with Gasteiger partial charge < -0.3 is 14.9 Å². The third-order valence-electron chi connectivity index (χ3n) is 2.42. The number of amides is 2. The molecular formula is C11H22N2O3. The fraction of sp³-hybridized carbons (Fsp3) is 0.818. The van der Waals surface area contributed by atoms with E-state index >= 15 is 0 Å². The zero-order valence-corrected chi connectivity index (χ0v) is 10.4. The number of carboxylic acid groups (broad SMARTS) is 1. The molecule has 5 nitrogen and oxygen atoms in total. The number of carbonyl (C=O) groups excluding carboxylic acids is 1. The molecule has 0 spiro atoms. The van der Waals surface area contributed by atoms with Crippen LogP contribution in [0.25, 0.3) is 0 Å². The zero-order chi connectivity index (χ0) is 12.6. The van der Waals surface area contributed by atoms with E-state index in [1.54, 1.807) is 11.9 Å². The minimum atomic E-state index is -0.878. The van der Waals surface area contributed by atoms with Crippen LogP contribution in [0.1, 0.15) is 33.1 Å². The molecule has 1 N–H and O–H groups in total. The molecule has 0 heterocycles. The van der Waals surface area contributed by atoms with E-state index in [9.17, 15) is 9.59 Å². The summed E-state index contributed by atoms with van der Waals surface area (Å²) in [6.45, 7) is 5.67. The van der Waals surface area contributed by atoms with Crippen molar-refractivity contribution in [2.75, 3.05) is 26.7 Å². The molecule has 0 bridgehead atoms. The fourth-order valence-electron chi connectivity index (χ4n) is 1.34. The van der Waals surface area contributed by atoms with E-state index in [0.717, 1.165) is 19.4 Å². The molecule has 0 aliphatic heterocycles. The van der Waals surface area contributed by atoms with E-state index < -0.39 is 5.97 Å². The highest BCUT2D eigenvalue weighted by Crippen LogP contribution is 2.01. The minimum absolute atomic E-state index is 0.00638. The first-order valence-electron chi connectivity index (χ1n) is 5.74. The predicted octanol–water partition coefficient (Wildman–Crippen LogP) is 1.63. The number of carboxylic acids is 1. The van der Waals surface area contributed by atoms with Crippen molar-refractivity contribution in [3.8, 4) is 0 Å². The Morgan fingerprint density at radius 1 is 1.19 bits per heavy atom. The van der Waals surface area contributed by atoms with Crippen molar-refractivity contribution in [3.05, 3.63) is 0 Å². The highest BCUT2D eigenvalue weighted by Gasteiger charge is 2.16. The summed E-state index contributed by atoms with van der Waals surface area (Å²) in [7, 11) is 1.64. The number of hydrogen-bond donors (Lipinski definition) is 1. The van der Waals surface area contributed by atoms with Crippen LogP contribution in [0.15, 0.2) is 0 Å². The van der Waals surface area contributed by atoms with Gasteiger partial charge in [-0.1, -0.05) is 13.3 Å². The average molecular weight is 230 g/mol. The Morgan fingerprint density at radius 2 is 1.81 bits per heavy atom. The van der Waals surface area contributed by atoms with Gasteiger partial charge in [0, 0.05) is 26.7 Å². The molecule has 0 radical (unpaired) electrons. The summed E-state index contributed by atoms with van der Waals surface area (Å²) in [4.78, 5) is 25.4. The summed E-state index contributed by atoms with van der Waals surface area (Å²) < 4.78 is 0. The van der Waals surface area contributed by atoms with Crippen molar-refractivity contribution < 1.29 is 14.7 Å². The highest BCUT2D eigenvalue weighted by molar-refractivity contribution is 5.75. The van der Waals surface area contributed by atoms with Gasteiger partial charge in [-0.05, 0) is 13.3 Å². The average Bonchev–Trinajstić information content (AvgIpc) is 2.26. The first kappa shape index (κ1) is 14.7. The van der Waals surface area contributed by atoms with Gasteiger partial charge in [-0.25, -0.2) is 4.79 Å². The van der Waals surface area contributed by atoms with Crippen LogP contribution in [0.3, 0.4) is 0 Å². The van der Waals surface area contributed by atoms with Gasteiger partial charge in [0.05, 0.1) is 6.42 Å². The van der Waals surface area contributed by atoms with E-state index in [1.807, 2.05) is 6.92 Å². The Morgan fingerprint density at radius 3 is 2.25 bits per heavy atom. The molecule has 0 aromatic carbocycles. The molecule has 0 fully saturated rings. The summed E-state index contributed by atoms with van der Waals surface area (Å²) >= 11 is 0. The van der Waals surface area contributed by atoms with Gasteiger partial charge in [0.2, 0.25) is 0 Å².